The molecule has 1 heterocycles. The number of ether oxygens (including phenoxy) is 1. The highest BCUT2D eigenvalue weighted by Crippen LogP contribution is 2.20. The zero-order chi connectivity index (χ0) is 20.9. The first-order valence-electron chi connectivity index (χ1n) is 10.1. The summed E-state index contributed by atoms with van der Waals surface area (Å²) in [6, 6.07) is 25.5. The van der Waals surface area contributed by atoms with E-state index >= 15 is 0 Å². The molecular weight excluding hydrogens is 372 g/mol. The SMILES string of the molecule is CC(C)c1ccc(OCc2ccc(/C=C/C(=O)c3ccc4ccccc4c3)o2)cc1. The molecule has 4 rings (SSSR count). The van der Waals surface area contributed by atoms with Crippen LogP contribution in [0.3, 0.4) is 0 Å². The molecule has 30 heavy (non-hydrogen) atoms. The first kappa shape index (κ1) is 19.7. The minimum absolute atomic E-state index is 0.0554. The summed E-state index contributed by atoms with van der Waals surface area (Å²) < 4.78 is 11.6. The van der Waals surface area contributed by atoms with Crippen molar-refractivity contribution in [2.75, 3.05) is 0 Å². The first-order valence-corrected chi connectivity index (χ1v) is 10.1. The predicted octanol–water partition coefficient (Wildman–Crippen LogP) is 7.03. The smallest absolute Gasteiger partial charge is 0.185 e. The largest absolute Gasteiger partial charge is 0.486 e. The van der Waals surface area contributed by atoms with Gasteiger partial charge in [0.05, 0.1) is 0 Å². The molecule has 0 saturated carbocycles. The molecule has 0 aliphatic carbocycles. The minimum atomic E-state index is -0.0554. The van der Waals surface area contributed by atoms with Crippen molar-refractivity contribution in [1.82, 2.24) is 0 Å². The van der Waals surface area contributed by atoms with E-state index in [2.05, 4.69) is 26.0 Å². The standard InChI is InChI=1S/C27H24O3/c1-19(2)20-9-11-24(12-10-20)29-18-26-14-13-25(30-26)15-16-27(28)23-8-7-21-5-3-4-6-22(21)17-23/h3-17,19H,18H2,1-2H3/b16-15+. The molecule has 3 nitrogen and oxygen atoms in total. The average Bonchev–Trinajstić information content (AvgIpc) is 3.24. The second-order valence-corrected chi connectivity index (χ2v) is 7.58. The number of carbonyl (C=O) groups excluding carboxylic acids is 1. The molecule has 0 aliphatic rings. The van der Waals surface area contributed by atoms with Gasteiger partial charge in [-0.05, 0) is 64.7 Å². The van der Waals surface area contributed by atoms with Gasteiger partial charge >= 0.3 is 0 Å². The van der Waals surface area contributed by atoms with E-state index in [1.807, 2.05) is 66.7 Å². The Morgan fingerprint density at radius 3 is 2.47 bits per heavy atom. The molecule has 0 N–H and O–H groups in total. The van der Waals surface area contributed by atoms with Crippen LogP contribution in [-0.2, 0) is 6.61 Å². The van der Waals surface area contributed by atoms with E-state index in [0.717, 1.165) is 16.5 Å². The van der Waals surface area contributed by atoms with Crippen molar-refractivity contribution in [2.24, 2.45) is 0 Å². The number of fused-ring (bicyclic) bond motifs is 1. The number of hydrogen-bond donors (Lipinski definition) is 0. The molecule has 0 amide bonds. The molecule has 0 spiro atoms. The van der Waals surface area contributed by atoms with Crippen LogP contribution in [-0.4, -0.2) is 5.78 Å². The summed E-state index contributed by atoms with van der Waals surface area (Å²) in [5.74, 6) is 2.58. The lowest BCUT2D eigenvalue weighted by molar-refractivity contribution is 0.104. The fourth-order valence-corrected chi connectivity index (χ4v) is 3.26. The van der Waals surface area contributed by atoms with Gasteiger partial charge in [-0.3, -0.25) is 4.79 Å². The predicted molar refractivity (Wildman–Crippen MR) is 121 cm³/mol. The quantitative estimate of drug-likeness (QED) is 0.249. The lowest BCUT2D eigenvalue weighted by Crippen LogP contribution is -1.94. The van der Waals surface area contributed by atoms with Crippen LogP contribution in [0.4, 0.5) is 0 Å². The van der Waals surface area contributed by atoms with Crippen molar-refractivity contribution in [3.05, 3.63) is 108 Å². The van der Waals surface area contributed by atoms with E-state index in [1.54, 1.807) is 6.08 Å². The summed E-state index contributed by atoms with van der Waals surface area (Å²) in [5, 5.41) is 2.17. The van der Waals surface area contributed by atoms with Gasteiger partial charge in [0.2, 0.25) is 0 Å². The third kappa shape index (κ3) is 4.69. The topological polar surface area (TPSA) is 39.4 Å². The summed E-state index contributed by atoms with van der Waals surface area (Å²) in [4.78, 5) is 12.5. The summed E-state index contributed by atoms with van der Waals surface area (Å²) >= 11 is 0. The zero-order valence-corrected chi connectivity index (χ0v) is 17.2. The molecule has 0 atom stereocenters. The molecule has 0 unspecified atom stereocenters. The van der Waals surface area contributed by atoms with E-state index in [1.165, 1.54) is 11.6 Å². The van der Waals surface area contributed by atoms with Gasteiger partial charge < -0.3 is 9.15 Å². The fourth-order valence-electron chi connectivity index (χ4n) is 3.26. The second kappa shape index (κ2) is 8.83. The normalized spacial score (nSPS) is 11.4. The van der Waals surface area contributed by atoms with Gasteiger partial charge in [0.1, 0.15) is 23.9 Å². The first-order chi connectivity index (χ1) is 14.6. The maximum atomic E-state index is 12.5. The van der Waals surface area contributed by atoms with Crippen LogP contribution in [0.15, 0.2) is 89.4 Å². The number of ketones is 1. The molecule has 0 aliphatic heterocycles. The zero-order valence-electron chi connectivity index (χ0n) is 17.2. The summed E-state index contributed by atoms with van der Waals surface area (Å²) in [6.45, 7) is 4.67. The number of benzene rings is 3. The molecule has 3 aromatic carbocycles. The summed E-state index contributed by atoms with van der Waals surface area (Å²) in [5.41, 5.74) is 1.94. The Bertz CT molecular complexity index is 1180. The number of carbonyl (C=O) groups is 1. The van der Waals surface area contributed by atoms with E-state index in [0.29, 0.717) is 29.6 Å². The van der Waals surface area contributed by atoms with Crippen molar-refractivity contribution < 1.29 is 13.9 Å². The molecule has 0 saturated heterocycles. The van der Waals surface area contributed by atoms with Crippen LogP contribution < -0.4 is 4.74 Å². The Labute approximate surface area is 176 Å². The van der Waals surface area contributed by atoms with Crippen LogP contribution in [0, 0.1) is 0 Å². The Kier molecular flexibility index (Phi) is 5.80. The molecule has 4 aromatic rings. The van der Waals surface area contributed by atoms with Gasteiger partial charge in [0.25, 0.3) is 0 Å². The Balaban J connectivity index is 1.37. The van der Waals surface area contributed by atoms with Crippen LogP contribution in [0.2, 0.25) is 0 Å². The molecule has 3 heteroatoms. The minimum Gasteiger partial charge on any atom is -0.486 e. The number of hydrogen-bond acceptors (Lipinski definition) is 3. The van der Waals surface area contributed by atoms with Crippen LogP contribution in [0.25, 0.3) is 16.8 Å². The number of allylic oxidation sites excluding steroid dienone is 1. The number of furan rings is 1. The van der Waals surface area contributed by atoms with Crippen molar-refractivity contribution in [3.63, 3.8) is 0 Å². The Morgan fingerprint density at radius 2 is 1.70 bits per heavy atom. The molecule has 1 aromatic heterocycles. The summed E-state index contributed by atoms with van der Waals surface area (Å²) in [7, 11) is 0. The van der Waals surface area contributed by atoms with E-state index in [4.69, 9.17) is 9.15 Å². The highest BCUT2D eigenvalue weighted by molar-refractivity contribution is 6.08. The van der Waals surface area contributed by atoms with Gasteiger partial charge in [-0.1, -0.05) is 62.4 Å². The van der Waals surface area contributed by atoms with Gasteiger partial charge in [0.15, 0.2) is 5.78 Å². The number of rotatable bonds is 7. The fraction of sp³-hybridized carbons (Fsp3) is 0.148. The lowest BCUT2D eigenvalue weighted by Gasteiger charge is -2.07. The van der Waals surface area contributed by atoms with Gasteiger partial charge in [-0.15, -0.1) is 0 Å². The molecular formula is C27H24O3. The van der Waals surface area contributed by atoms with Crippen LogP contribution in [0.5, 0.6) is 5.75 Å². The van der Waals surface area contributed by atoms with E-state index < -0.39 is 0 Å². The third-order valence-electron chi connectivity index (χ3n) is 5.04. The van der Waals surface area contributed by atoms with E-state index in [9.17, 15) is 4.79 Å². The lowest BCUT2D eigenvalue weighted by atomic mass is 10.0. The highest BCUT2D eigenvalue weighted by atomic mass is 16.5. The Morgan fingerprint density at radius 1 is 0.933 bits per heavy atom. The maximum Gasteiger partial charge on any atom is 0.185 e. The van der Waals surface area contributed by atoms with Crippen molar-refractivity contribution in [1.29, 1.82) is 0 Å². The molecule has 150 valence electrons. The maximum absolute atomic E-state index is 12.5. The van der Waals surface area contributed by atoms with E-state index in [-0.39, 0.29) is 5.78 Å². The molecule has 0 radical (unpaired) electrons. The average molecular weight is 396 g/mol. The highest BCUT2D eigenvalue weighted by Gasteiger charge is 2.06. The van der Waals surface area contributed by atoms with Gasteiger partial charge in [0, 0.05) is 5.56 Å². The third-order valence-corrected chi connectivity index (χ3v) is 5.04. The summed E-state index contributed by atoms with van der Waals surface area (Å²) in [6.07, 6.45) is 3.23. The van der Waals surface area contributed by atoms with Gasteiger partial charge in [-0.25, -0.2) is 0 Å². The van der Waals surface area contributed by atoms with Crippen LogP contribution in [0.1, 0.15) is 47.2 Å². The van der Waals surface area contributed by atoms with Crippen molar-refractivity contribution in [3.8, 4) is 5.75 Å². The van der Waals surface area contributed by atoms with Crippen molar-refractivity contribution in [2.45, 2.75) is 26.4 Å². The molecule has 0 bridgehead atoms. The monoisotopic (exact) mass is 396 g/mol. The molecule has 0 fully saturated rings. The van der Waals surface area contributed by atoms with Crippen LogP contribution >= 0.6 is 0 Å². The van der Waals surface area contributed by atoms with Crippen molar-refractivity contribution >= 4 is 22.6 Å². The second-order valence-electron chi connectivity index (χ2n) is 7.58. The Hall–Kier alpha value is -3.59. The van der Waals surface area contributed by atoms with Gasteiger partial charge in [-0.2, -0.15) is 0 Å².